The molecule has 0 atom stereocenters. The fourth-order valence-electron chi connectivity index (χ4n) is 0.875. The first-order valence-electron chi connectivity index (χ1n) is 4.22. The van der Waals surface area contributed by atoms with Crippen LogP contribution >= 0.6 is 0 Å². The van der Waals surface area contributed by atoms with Crippen LogP contribution in [-0.2, 0) is 6.42 Å². The van der Waals surface area contributed by atoms with Gasteiger partial charge >= 0.3 is 6.01 Å². The predicted octanol–water partition coefficient (Wildman–Crippen LogP) is 1.70. The van der Waals surface area contributed by atoms with E-state index in [-0.39, 0.29) is 0 Å². The van der Waals surface area contributed by atoms with Gasteiger partial charge in [0, 0.05) is 13.5 Å². The minimum absolute atomic E-state index is 0.494. The molecule has 1 N–H and O–H groups in total. The largest absolute Gasteiger partial charge is 0.341 e. The molecule has 12 heavy (non-hydrogen) atoms. The van der Waals surface area contributed by atoms with Crippen molar-refractivity contribution >= 4 is 6.01 Å². The number of nitrogens with one attached hydrogen (secondary N) is 1. The average molecular weight is 169 g/mol. The second-order valence-corrected chi connectivity index (χ2v) is 3.20. The fourth-order valence-corrected chi connectivity index (χ4v) is 0.875. The van der Waals surface area contributed by atoms with Crippen molar-refractivity contribution in [1.29, 1.82) is 0 Å². The van der Waals surface area contributed by atoms with Gasteiger partial charge in [0.05, 0.1) is 0 Å². The summed E-state index contributed by atoms with van der Waals surface area (Å²) in [5, 5.41) is 6.61. The van der Waals surface area contributed by atoms with E-state index < -0.39 is 0 Å². The molecule has 1 aromatic rings. The van der Waals surface area contributed by atoms with Gasteiger partial charge in [-0.3, -0.25) is 0 Å². The van der Waals surface area contributed by atoms with E-state index in [0.29, 0.717) is 11.9 Å². The van der Waals surface area contributed by atoms with Gasteiger partial charge in [0.15, 0.2) is 5.82 Å². The molecule has 0 fully saturated rings. The highest BCUT2D eigenvalue weighted by Crippen LogP contribution is 2.07. The van der Waals surface area contributed by atoms with Crippen LogP contribution in [0.1, 0.15) is 26.1 Å². The van der Waals surface area contributed by atoms with E-state index in [2.05, 4.69) is 29.3 Å². The predicted molar refractivity (Wildman–Crippen MR) is 47.0 cm³/mol. The molecule has 0 radical (unpaired) electrons. The van der Waals surface area contributed by atoms with E-state index in [1.54, 1.807) is 7.05 Å². The van der Waals surface area contributed by atoms with Gasteiger partial charge < -0.3 is 9.84 Å². The smallest absolute Gasteiger partial charge is 0.321 e. The van der Waals surface area contributed by atoms with Crippen LogP contribution in [0.4, 0.5) is 6.01 Å². The molecule has 0 aromatic carbocycles. The highest BCUT2D eigenvalue weighted by atomic mass is 16.5. The van der Waals surface area contributed by atoms with Gasteiger partial charge in [0.1, 0.15) is 0 Å². The number of aryl methyl sites for hydroxylation is 1. The van der Waals surface area contributed by atoms with Gasteiger partial charge in [0.2, 0.25) is 0 Å². The maximum absolute atomic E-state index is 4.87. The van der Waals surface area contributed by atoms with E-state index in [0.717, 1.165) is 18.7 Å². The molecule has 4 nitrogen and oxygen atoms in total. The minimum Gasteiger partial charge on any atom is -0.341 e. The third-order valence-electron chi connectivity index (χ3n) is 1.63. The molecule has 0 saturated heterocycles. The molecular weight excluding hydrogens is 154 g/mol. The third-order valence-corrected chi connectivity index (χ3v) is 1.63. The quantitative estimate of drug-likeness (QED) is 0.745. The normalized spacial score (nSPS) is 10.7. The molecule has 0 bridgehead atoms. The van der Waals surface area contributed by atoms with Crippen molar-refractivity contribution in [1.82, 2.24) is 10.1 Å². The maximum Gasteiger partial charge on any atom is 0.321 e. The lowest BCUT2D eigenvalue weighted by atomic mass is 10.1. The number of nitrogens with zero attached hydrogens (tertiary/aromatic N) is 2. The number of anilines is 1. The molecule has 1 heterocycles. The van der Waals surface area contributed by atoms with Crippen LogP contribution in [0.15, 0.2) is 4.52 Å². The molecule has 0 amide bonds. The molecule has 0 aliphatic rings. The van der Waals surface area contributed by atoms with Crippen molar-refractivity contribution in [2.45, 2.75) is 26.7 Å². The number of hydrogen-bond donors (Lipinski definition) is 1. The number of aromatic nitrogens is 2. The minimum atomic E-state index is 0.494. The zero-order valence-electron chi connectivity index (χ0n) is 7.79. The highest BCUT2D eigenvalue weighted by Gasteiger charge is 2.04. The Morgan fingerprint density at radius 3 is 2.75 bits per heavy atom. The Morgan fingerprint density at radius 1 is 1.50 bits per heavy atom. The SMILES string of the molecule is CNc1nc(CCC(C)C)no1. The summed E-state index contributed by atoms with van der Waals surface area (Å²) in [6, 6.07) is 0.494. The number of rotatable bonds is 4. The summed E-state index contributed by atoms with van der Waals surface area (Å²) in [7, 11) is 1.76. The second kappa shape index (κ2) is 4.09. The Bertz CT molecular complexity index is 232. The fraction of sp³-hybridized carbons (Fsp3) is 0.750. The summed E-state index contributed by atoms with van der Waals surface area (Å²) in [4.78, 5) is 4.11. The van der Waals surface area contributed by atoms with Crippen LogP contribution in [0.5, 0.6) is 0 Å². The van der Waals surface area contributed by atoms with Crippen LogP contribution in [0.2, 0.25) is 0 Å². The van der Waals surface area contributed by atoms with Crippen LogP contribution in [0, 0.1) is 5.92 Å². The first-order valence-corrected chi connectivity index (χ1v) is 4.22. The van der Waals surface area contributed by atoms with E-state index in [1.807, 2.05) is 0 Å². The van der Waals surface area contributed by atoms with Crippen molar-refractivity contribution in [3.63, 3.8) is 0 Å². The average Bonchev–Trinajstić information content (AvgIpc) is 2.48. The summed E-state index contributed by atoms with van der Waals surface area (Å²) in [6.45, 7) is 4.36. The summed E-state index contributed by atoms with van der Waals surface area (Å²) in [5.41, 5.74) is 0. The van der Waals surface area contributed by atoms with Crippen molar-refractivity contribution in [2.24, 2.45) is 5.92 Å². The third kappa shape index (κ3) is 2.53. The molecule has 68 valence electrons. The Morgan fingerprint density at radius 2 is 2.25 bits per heavy atom. The molecule has 0 saturated carbocycles. The van der Waals surface area contributed by atoms with Gasteiger partial charge in [-0.2, -0.15) is 4.98 Å². The molecule has 0 unspecified atom stereocenters. The number of hydrogen-bond acceptors (Lipinski definition) is 4. The summed E-state index contributed by atoms with van der Waals surface area (Å²) >= 11 is 0. The highest BCUT2D eigenvalue weighted by molar-refractivity contribution is 5.15. The van der Waals surface area contributed by atoms with Crippen LogP contribution in [0.25, 0.3) is 0 Å². The van der Waals surface area contributed by atoms with Gasteiger partial charge in [0.25, 0.3) is 0 Å². The maximum atomic E-state index is 4.87. The summed E-state index contributed by atoms with van der Waals surface area (Å²) in [5.74, 6) is 1.47. The van der Waals surface area contributed by atoms with E-state index in [4.69, 9.17) is 4.52 Å². The molecule has 4 heteroatoms. The standard InChI is InChI=1S/C8H15N3O/c1-6(2)4-5-7-10-8(9-3)12-11-7/h6H,4-5H2,1-3H3,(H,9,10,11). The van der Waals surface area contributed by atoms with E-state index in [9.17, 15) is 0 Å². The van der Waals surface area contributed by atoms with Crippen molar-refractivity contribution < 1.29 is 4.52 Å². The Labute approximate surface area is 72.4 Å². The van der Waals surface area contributed by atoms with Crippen LogP contribution in [0.3, 0.4) is 0 Å². The lowest BCUT2D eigenvalue weighted by Gasteiger charge is -1.98. The zero-order valence-corrected chi connectivity index (χ0v) is 7.79. The Balaban J connectivity index is 2.41. The molecule has 1 rings (SSSR count). The van der Waals surface area contributed by atoms with E-state index >= 15 is 0 Å². The molecular formula is C8H15N3O. The van der Waals surface area contributed by atoms with Gasteiger partial charge in [-0.1, -0.05) is 19.0 Å². The molecule has 0 aliphatic carbocycles. The topological polar surface area (TPSA) is 51.0 Å². The van der Waals surface area contributed by atoms with Crippen molar-refractivity contribution in [3.05, 3.63) is 5.82 Å². The lowest BCUT2D eigenvalue weighted by molar-refractivity contribution is 0.420. The van der Waals surface area contributed by atoms with Crippen LogP contribution < -0.4 is 5.32 Å². The van der Waals surface area contributed by atoms with Crippen molar-refractivity contribution in [2.75, 3.05) is 12.4 Å². The molecule has 0 spiro atoms. The Hall–Kier alpha value is -1.06. The van der Waals surface area contributed by atoms with Crippen molar-refractivity contribution in [3.8, 4) is 0 Å². The molecule has 0 aliphatic heterocycles. The first-order chi connectivity index (χ1) is 5.72. The second-order valence-electron chi connectivity index (χ2n) is 3.20. The first kappa shape index (κ1) is 9.03. The monoisotopic (exact) mass is 169 g/mol. The van der Waals surface area contributed by atoms with Gasteiger partial charge in [-0.15, -0.1) is 0 Å². The van der Waals surface area contributed by atoms with E-state index in [1.165, 1.54) is 0 Å². The van der Waals surface area contributed by atoms with Crippen LogP contribution in [-0.4, -0.2) is 17.2 Å². The summed E-state index contributed by atoms with van der Waals surface area (Å²) < 4.78 is 4.87. The van der Waals surface area contributed by atoms with Gasteiger partial charge in [-0.05, 0) is 12.3 Å². The van der Waals surface area contributed by atoms with Gasteiger partial charge in [-0.25, -0.2) is 0 Å². The lowest BCUT2D eigenvalue weighted by Crippen LogP contribution is -1.94. The Kier molecular flexibility index (Phi) is 3.08. The zero-order chi connectivity index (χ0) is 8.97. The summed E-state index contributed by atoms with van der Waals surface area (Å²) in [6.07, 6.45) is 1.99. The molecule has 1 aromatic heterocycles.